The number of rotatable bonds is 8. The summed E-state index contributed by atoms with van der Waals surface area (Å²) in [5.74, 6) is -0.00722. The minimum Gasteiger partial charge on any atom is -0.335 e. The molecular formula is C19H28FN5O. The number of aliphatic imine (C=N–C) groups is 2. The van der Waals surface area contributed by atoms with Crippen LogP contribution in [0.1, 0.15) is 46.5 Å². The zero-order chi connectivity index (χ0) is 18.9. The van der Waals surface area contributed by atoms with Gasteiger partial charge in [0.1, 0.15) is 18.8 Å². The fourth-order valence-electron chi connectivity index (χ4n) is 2.88. The molecule has 0 saturated heterocycles. The molecule has 2 N–H and O–H groups in total. The molecule has 0 aromatic heterocycles. The molecule has 7 heteroatoms. The maximum absolute atomic E-state index is 14.7. The van der Waals surface area contributed by atoms with Gasteiger partial charge in [-0.2, -0.15) is 0 Å². The number of nitrogens with zero attached hydrogens (tertiary/aromatic N) is 3. The first-order valence-electron chi connectivity index (χ1n) is 9.19. The lowest BCUT2D eigenvalue weighted by atomic mass is 9.99. The number of ketones is 1. The van der Waals surface area contributed by atoms with E-state index in [2.05, 4.69) is 34.6 Å². The Balaban J connectivity index is 2.14. The Kier molecular flexibility index (Phi) is 7.72. The van der Waals surface area contributed by atoms with Crippen molar-refractivity contribution in [2.45, 2.75) is 46.5 Å². The van der Waals surface area contributed by atoms with Crippen molar-refractivity contribution in [2.75, 3.05) is 13.2 Å². The molecule has 0 aromatic rings. The number of hydrogen-bond acceptors (Lipinski definition) is 5. The molecular weight excluding hydrogens is 333 g/mol. The second kappa shape index (κ2) is 10.0. The van der Waals surface area contributed by atoms with E-state index in [0.717, 1.165) is 18.5 Å². The fourth-order valence-corrected chi connectivity index (χ4v) is 2.88. The Labute approximate surface area is 154 Å². The third kappa shape index (κ3) is 5.62. The lowest BCUT2D eigenvalue weighted by Gasteiger charge is -2.16. The molecule has 0 bridgehead atoms. The van der Waals surface area contributed by atoms with E-state index in [1.807, 2.05) is 13.0 Å². The van der Waals surface area contributed by atoms with Crippen molar-refractivity contribution in [2.24, 2.45) is 15.9 Å². The Morgan fingerprint density at radius 1 is 1.50 bits per heavy atom. The lowest BCUT2D eigenvalue weighted by Crippen LogP contribution is -2.32. The minimum absolute atomic E-state index is 0.0803. The molecule has 2 aliphatic rings. The second-order valence-corrected chi connectivity index (χ2v) is 6.46. The van der Waals surface area contributed by atoms with Gasteiger partial charge in [-0.3, -0.25) is 19.8 Å². The van der Waals surface area contributed by atoms with Crippen molar-refractivity contribution < 1.29 is 9.18 Å². The van der Waals surface area contributed by atoms with Gasteiger partial charge in [0.15, 0.2) is 11.6 Å². The van der Waals surface area contributed by atoms with Crippen LogP contribution in [0.25, 0.3) is 0 Å². The highest BCUT2D eigenvalue weighted by Gasteiger charge is 2.19. The summed E-state index contributed by atoms with van der Waals surface area (Å²) in [6, 6.07) is 0. The predicted octanol–water partition coefficient (Wildman–Crippen LogP) is 3.22. The average Bonchev–Trinajstić information content (AvgIpc) is 3.07. The largest absolute Gasteiger partial charge is 0.335 e. The summed E-state index contributed by atoms with van der Waals surface area (Å²) in [6.45, 7) is 6.95. The fraction of sp³-hybridized carbons (Fsp3) is 0.526. The van der Waals surface area contributed by atoms with Gasteiger partial charge in [-0.25, -0.2) is 9.82 Å². The Bertz CT molecular complexity index is 663. The van der Waals surface area contributed by atoms with Crippen LogP contribution in [0, 0.1) is 5.92 Å². The number of halogens is 1. The molecule has 0 saturated carbocycles. The van der Waals surface area contributed by atoms with Gasteiger partial charge in [0.2, 0.25) is 0 Å². The third-order valence-corrected chi connectivity index (χ3v) is 4.15. The summed E-state index contributed by atoms with van der Waals surface area (Å²) in [6.07, 6.45) is 9.56. The van der Waals surface area contributed by atoms with Gasteiger partial charge in [-0.15, -0.1) is 0 Å². The number of hydrogen-bond donors (Lipinski definition) is 2. The monoisotopic (exact) mass is 361 g/mol. The molecule has 0 aromatic carbocycles. The van der Waals surface area contributed by atoms with Gasteiger partial charge in [0.05, 0.1) is 5.70 Å². The number of amidine groups is 1. The summed E-state index contributed by atoms with van der Waals surface area (Å²) >= 11 is 0. The van der Waals surface area contributed by atoms with E-state index in [1.165, 1.54) is 6.08 Å². The van der Waals surface area contributed by atoms with Crippen LogP contribution in [0.15, 0.2) is 45.4 Å². The Morgan fingerprint density at radius 2 is 2.31 bits per heavy atom. The average molecular weight is 361 g/mol. The number of allylic oxidation sites excluding steroid dienone is 4. The zero-order valence-corrected chi connectivity index (χ0v) is 15.8. The smallest absolute Gasteiger partial charge is 0.197 e. The molecule has 1 atom stereocenters. The molecule has 2 rings (SSSR count). The van der Waals surface area contributed by atoms with Gasteiger partial charge in [0.25, 0.3) is 0 Å². The van der Waals surface area contributed by atoms with Crippen LogP contribution in [-0.4, -0.2) is 36.2 Å². The van der Waals surface area contributed by atoms with E-state index in [0.29, 0.717) is 26.1 Å². The Morgan fingerprint density at radius 3 is 2.96 bits per heavy atom. The number of carbonyl (C=O) groups excluding carboxylic acids is 1. The molecule has 0 fully saturated rings. The SMILES string of the molecule is CCCC(C)CC(=O)C(=NCC)NC1=C(F)C=C(N2C=NCN2)CC=C1. The van der Waals surface area contributed by atoms with E-state index >= 15 is 0 Å². The summed E-state index contributed by atoms with van der Waals surface area (Å²) in [5.41, 5.74) is 4.02. The third-order valence-electron chi connectivity index (χ3n) is 4.15. The van der Waals surface area contributed by atoms with Crippen molar-refractivity contribution in [1.82, 2.24) is 15.8 Å². The van der Waals surface area contributed by atoms with Gasteiger partial charge in [-0.05, 0) is 25.0 Å². The van der Waals surface area contributed by atoms with Crippen molar-refractivity contribution in [3.63, 3.8) is 0 Å². The normalized spacial score (nSPS) is 18.8. The first kappa shape index (κ1) is 20.0. The maximum Gasteiger partial charge on any atom is 0.197 e. The first-order chi connectivity index (χ1) is 12.5. The van der Waals surface area contributed by atoms with Crippen LogP contribution in [0.2, 0.25) is 0 Å². The van der Waals surface area contributed by atoms with Crippen LogP contribution in [0.5, 0.6) is 0 Å². The van der Waals surface area contributed by atoms with Gasteiger partial charge in [-0.1, -0.05) is 32.8 Å². The number of nitrogens with one attached hydrogen (secondary N) is 2. The molecule has 1 unspecified atom stereocenters. The molecule has 1 aliphatic heterocycles. The summed E-state index contributed by atoms with van der Waals surface area (Å²) in [4.78, 5) is 20.9. The van der Waals surface area contributed by atoms with Crippen LogP contribution in [0.4, 0.5) is 4.39 Å². The highest BCUT2D eigenvalue weighted by molar-refractivity contribution is 6.39. The summed E-state index contributed by atoms with van der Waals surface area (Å²) < 4.78 is 14.7. The molecule has 1 heterocycles. The molecule has 0 spiro atoms. The number of carbonyl (C=O) groups is 1. The van der Waals surface area contributed by atoms with Crippen LogP contribution >= 0.6 is 0 Å². The van der Waals surface area contributed by atoms with E-state index < -0.39 is 5.83 Å². The highest BCUT2D eigenvalue weighted by atomic mass is 19.1. The van der Waals surface area contributed by atoms with E-state index in [-0.39, 0.29) is 23.2 Å². The van der Waals surface area contributed by atoms with Gasteiger partial charge in [0, 0.05) is 25.1 Å². The maximum atomic E-state index is 14.7. The molecule has 1 aliphatic carbocycles. The molecule has 0 amide bonds. The van der Waals surface area contributed by atoms with Crippen molar-refractivity contribution >= 4 is 18.0 Å². The van der Waals surface area contributed by atoms with Crippen LogP contribution < -0.4 is 10.7 Å². The molecule has 26 heavy (non-hydrogen) atoms. The van der Waals surface area contributed by atoms with E-state index in [1.54, 1.807) is 17.4 Å². The van der Waals surface area contributed by atoms with Crippen molar-refractivity contribution in [1.29, 1.82) is 0 Å². The Hall–Kier alpha value is -2.28. The lowest BCUT2D eigenvalue weighted by molar-refractivity contribution is -0.113. The number of Topliss-reactive ketones (excluding diaryl/α,β-unsaturated/α-hetero) is 1. The molecule has 142 valence electrons. The minimum atomic E-state index is -0.436. The quantitative estimate of drug-likeness (QED) is 0.514. The van der Waals surface area contributed by atoms with Crippen LogP contribution in [0.3, 0.4) is 0 Å². The van der Waals surface area contributed by atoms with Gasteiger partial charge >= 0.3 is 0 Å². The van der Waals surface area contributed by atoms with Crippen LogP contribution in [-0.2, 0) is 4.79 Å². The first-order valence-corrected chi connectivity index (χ1v) is 9.19. The zero-order valence-electron chi connectivity index (χ0n) is 15.8. The molecule has 0 radical (unpaired) electrons. The van der Waals surface area contributed by atoms with Crippen molar-refractivity contribution in [3.05, 3.63) is 35.4 Å². The molecule has 6 nitrogen and oxygen atoms in total. The van der Waals surface area contributed by atoms with Gasteiger partial charge < -0.3 is 5.32 Å². The number of hydrazine groups is 1. The van der Waals surface area contributed by atoms with E-state index in [9.17, 15) is 9.18 Å². The second-order valence-electron chi connectivity index (χ2n) is 6.46. The predicted molar refractivity (Wildman–Crippen MR) is 103 cm³/mol. The summed E-state index contributed by atoms with van der Waals surface area (Å²) in [7, 11) is 0. The highest BCUT2D eigenvalue weighted by Crippen LogP contribution is 2.20. The topological polar surface area (TPSA) is 69.1 Å². The van der Waals surface area contributed by atoms with E-state index in [4.69, 9.17) is 0 Å². The standard InChI is InChI=1S/C19H28FN5O/c1-4-7-14(3)10-18(26)19(22-5-2)24-17-9-6-8-15(11-16(17)20)25-13-21-12-23-25/h6,9,11,13-14,23H,4-5,7-8,10,12H2,1-3H3,(H,22,24). The summed E-state index contributed by atoms with van der Waals surface area (Å²) in [5, 5.41) is 4.61. The van der Waals surface area contributed by atoms with Crippen molar-refractivity contribution in [3.8, 4) is 0 Å².